The summed E-state index contributed by atoms with van der Waals surface area (Å²) in [6.45, 7) is 2.06. The number of carbonyl (C=O) groups excluding carboxylic acids is 1. The Morgan fingerprint density at radius 1 is 1.15 bits per heavy atom. The van der Waals surface area contributed by atoms with Gasteiger partial charge in [-0.2, -0.15) is 0 Å². The summed E-state index contributed by atoms with van der Waals surface area (Å²) in [6, 6.07) is 0.169. The molecule has 0 aromatic rings. The summed E-state index contributed by atoms with van der Waals surface area (Å²) >= 11 is 0. The van der Waals surface area contributed by atoms with E-state index in [0.29, 0.717) is 5.92 Å². The molecule has 2 N–H and O–H groups in total. The molecule has 5 atom stereocenters. The van der Waals surface area contributed by atoms with Crippen LogP contribution in [0.15, 0.2) is 12.2 Å². The van der Waals surface area contributed by atoms with Crippen molar-refractivity contribution in [3.63, 3.8) is 0 Å². The van der Waals surface area contributed by atoms with Crippen molar-refractivity contribution in [3.05, 3.63) is 12.2 Å². The largest absolute Gasteiger partial charge is 0.481 e. The minimum absolute atomic E-state index is 0.0475. The van der Waals surface area contributed by atoms with Crippen molar-refractivity contribution < 1.29 is 14.7 Å². The van der Waals surface area contributed by atoms with E-state index in [9.17, 15) is 14.7 Å². The Balaban J connectivity index is 1.67. The van der Waals surface area contributed by atoms with Crippen LogP contribution in [0, 0.1) is 29.6 Å². The van der Waals surface area contributed by atoms with Crippen LogP contribution in [-0.2, 0) is 9.59 Å². The number of nitrogens with one attached hydrogen (secondary N) is 1. The van der Waals surface area contributed by atoms with E-state index in [2.05, 4.69) is 12.2 Å². The molecule has 3 rings (SSSR count). The van der Waals surface area contributed by atoms with Crippen LogP contribution < -0.4 is 5.32 Å². The maximum atomic E-state index is 12.5. The van der Waals surface area contributed by atoms with Crippen molar-refractivity contribution in [2.24, 2.45) is 29.6 Å². The highest BCUT2D eigenvalue weighted by Gasteiger charge is 2.51. The average molecular weight is 277 g/mol. The minimum atomic E-state index is -0.824. The molecule has 20 heavy (non-hydrogen) atoms. The van der Waals surface area contributed by atoms with Crippen LogP contribution in [0.3, 0.4) is 0 Å². The van der Waals surface area contributed by atoms with Crippen LogP contribution in [0.25, 0.3) is 0 Å². The number of carboxylic acids is 1. The molecule has 3 aliphatic rings. The molecule has 0 heterocycles. The van der Waals surface area contributed by atoms with Crippen LogP contribution in [0.2, 0.25) is 0 Å². The molecule has 0 aliphatic heterocycles. The lowest BCUT2D eigenvalue weighted by molar-refractivity contribution is -0.148. The molecule has 2 saturated carbocycles. The molecule has 110 valence electrons. The summed E-state index contributed by atoms with van der Waals surface area (Å²) in [4.78, 5) is 23.9. The van der Waals surface area contributed by atoms with Crippen molar-refractivity contribution in [1.82, 2.24) is 5.32 Å². The Morgan fingerprint density at radius 3 is 2.35 bits per heavy atom. The fourth-order valence-electron chi connectivity index (χ4n) is 4.41. The van der Waals surface area contributed by atoms with Gasteiger partial charge in [-0.3, -0.25) is 9.59 Å². The van der Waals surface area contributed by atoms with E-state index in [0.717, 1.165) is 6.42 Å². The van der Waals surface area contributed by atoms with Crippen molar-refractivity contribution in [3.8, 4) is 0 Å². The second-order valence-corrected chi connectivity index (χ2v) is 6.68. The average Bonchev–Trinajstić information content (AvgIpc) is 3.13. The number of aliphatic carboxylic acids is 1. The number of hydrogen-bond acceptors (Lipinski definition) is 2. The normalized spacial score (nSPS) is 37.2. The zero-order valence-electron chi connectivity index (χ0n) is 11.9. The molecule has 0 aromatic heterocycles. The molecule has 0 aromatic carbocycles. The number of carboxylic acid groups (broad SMARTS) is 1. The first-order valence-electron chi connectivity index (χ1n) is 7.79. The highest BCUT2D eigenvalue weighted by atomic mass is 16.4. The van der Waals surface area contributed by atoms with Crippen LogP contribution in [-0.4, -0.2) is 23.0 Å². The van der Waals surface area contributed by atoms with Crippen molar-refractivity contribution in [1.29, 1.82) is 0 Å². The van der Waals surface area contributed by atoms with Crippen LogP contribution in [0.5, 0.6) is 0 Å². The third-order valence-corrected chi connectivity index (χ3v) is 5.52. The van der Waals surface area contributed by atoms with E-state index in [1.165, 1.54) is 25.7 Å². The first-order chi connectivity index (χ1) is 9.58. The first-order valence-corrected chi connectivity index (χ1v) is 7.79. The summed E-state index contributed by atoms with van der Waals surface area (Å²) in [7, 11) is 0. The van der Waals surface area contributed by atoms with E-state index < -0.39 is 11.9 Å². The number of fused-ring (bicyclic) bond motifs is 2. The molecule has 4 unspecified atom stereocenters. The monoisotopic (exact) mass is 277 g/mol. The number of amides is 1. The van der Waals surface area contributed by atoms with Gasteiger partial charge in [-0.15, -0.1) is 0 Å². The Bertz CT molecular complexity index is 439. The van der Waals surface area contributed by atoms with Crippen LogP contribution in [0.1, 0.15) is 39.0 Å². The van der Waals surface area contributed by atoms with E-state index in [1.807, 2.05) is 12.2 Å². The second-order valence-electron chi connectivity index (χ2n) is 6.68. The Kier molecular flexibility index (Phi) is 3.57. The smallest absolute Gasteiger partial charge is 0.307 e. The van der Waals surface area contributed by atoms with Crippen molar-refractivity contribution >= 4 is 11.9 Å². The maximum Gasteiger partial charge on any atom is 0.307 e. The molecule has 4 heteroatoms. The maximum absolute atomic E-state index is 12.5. The zero-order valence-corrected chi connectivity index (χ0v) is 11.9. The van der Waals surface area contributed by atoms with E-state index >= 15 is 0 Å². The Morgan fingerprint density at radius 2 is 1.75 bits per heavy atom. The standard InChI is InChI=1S/C16H23NO3/c1-9(10-4-2-3-5-10)17-15(18)13-11-6-7-12(8-11)14(13)16(19)20/h6-7,9-14H,2-5,8H2,1H3,(H,17,18)(H,19,20)/t9-,11?,12?,13?,14?/m0/s1. The molecule has 4 nitrogen and oxygen atoms in total. The van der Waals surface area contributed by atoms with Gasteiger partial charge in [0.15, 0.2) is 0 Å². The molecular formula is C16H23NO3. The first kappa shape index (κ1) is 13.7. The van der Waals surface area contributed by atoms with Gasteiger partial charge in [-0.05, 0) is 43.9 Å². The predicted octanol–water partition coefficient (Wildman–Crippen LogP) is 2.20. The number of carbonyl (C=O) groups is 2. The van der Waals surface area contributed by atoms with E-state index in [1.54, 1.807) is 0 Å². The molecule has 0 spiro atoms. The third kappa shape index (κ3) is 2.25. The van der Waals surface area contributed by atoms with Gasteiger partial charge in [0.1, 0.15) is 0 Å². The lowest BCUT2D eigenvalue weighted by Crippen LogP contribution is -2.45. The van der Waals surface area contributed by atoms with Gasteiger partial charge >= 0.3 is 5.97 Å². The van der Waals surface area contributed by atoms with Gasteiger partial charge in [0, 0.05) is 6.04 Å². The van der Waals surface area contributed by atoms with Crippen LogP contribution in [0.4, 0.5) is 0 Å². The minimum Gasteiger partial charge on any atom is -0.481 e. The molecule has 2 fully saturated rings. The predicted molar refractivity (Wildman–Crippen MR) is 74.9 cm³/mol. The van der Waals surface area contributed by atoms with Crippen molar-refractivity contribution in [2.45, 2.75) is 45.1 Å². The summed E-state index contributed by atoms with van der Waals surface area (Å²) in [5, 5.41) is 12.5. The number of hydrogen-bond donors (Lipinski definition) is 2. The van der Waals surface area contributed by atoms with E-state index in [-0.39, 0.29) is 29.7 Å². The highest BCUT2D eigenvalue weighted by Crippen LogP contribution is 2.48. The van der Waals surface area contributed by atoms with Gasteiger partial charge in [0.05, 0.1) is 11.8 Å². The highest BCUT2D eigenvalue weighted by molar-refractivity contribution is 5.87. The molecule has 0 saturated heterocycles. The van der Waals surface area contributed by atoms with Gasteiger partial charge in [0.25, 0.3) is 0 Å². The van der Waals surface area contributed by atoms with Crippen molar-refractivity contribution in [2.75, 3.05) is 0 Å². The topological polar surface area (TPSA) is 66.4 Å². The fraction of sp³-hybridized carbons (Fsp3) is 0.750. The Hall–Kier alpha value is -1.32. The molecule has 3 aliphatic carbocycles. The quantitative estimate of drug-likeness (QED) is 0.774. The third-order valence-electron chi connectivity index (χ3n) is 5.52. The summed E-state index contributed by atoms with van der Waals surface area (Å²) in [5.74, 6) is -1.03. The molecule has 2 bridgehead atoms. The van der Waals surface area contributed by atoms with Gasteiger partial charge in [0.2, 0.25) is 5.91 Å². The van der Waals surface area contributed by atoms with E-state index in [4.69, 9.17) is 0 Å². The van der Waals surface area contributed by atoms with Gasteiger partial charge in [-0.25, -0.2) is 0 Å². The SMILES string of the molecule is C[C@H](NC(=O)C1C2C=CC(C2)C1C(=O)O)C1CCCC1. The zero-order chi connectivity index (χ0) is 14.3. The number of rotatable bonds is 4. The lowest BCUT2D eigenvalue weighted by Gasteiger charge is -2.27. The fourth-order valence-corrected chi connectivity index (χ4v) is 4.41. The van der Waals surface area contributed by atoms with Gasteiger partial charge < -0.3 is 10.4 Å². The summed E-state index contributed by atoms with van der Waals surface area (Å²) < 4.78 is 0. The molecule has 1 amide bonds. The molecular weight excluding hydrogens is 254 g/mol. The summed E-state index contributed by atoms with van der Waals surface area (Å²) in [5.41, 5.74) is 0. The summed E-state index contributed by atoms with van der Waals surface area (Å²) in [6.07, 6.45) is 9.70. The van der Waals surface area contributed by atoms with Gasteiger partial charge in [-0.1, -0.05) is 25.0 Å². The lowest BCUT2D eigenvalue weighted by atomic mass is 9.82. The van der Waals surface area contributed by atoms with Crippen LogP contribution >= 0.6 is 0 Å². The molecule has 0 radical (unpaired) electrons. The number of allylic oxidation sites excluding steroid dienone is 2. The second kappa shape index (κ2) is 5.23. The Labute approximate surface area is 119 Å².